The van der Waals surface area contributed by atoms with E-state index in [0.29, 0.717) is 0 Å². The average molecular weight is 363 g/mol. The highest BCUT2D eigenvalue weighted by atomic mass is 16.2. The number of carbonyl (C=O) groups excluding carboxylic acids is 2. The molecule has 0 aromatic rings. The molecule has 0 N–H and O–H groups in total. The van der Waals surface area contributed by atoms with Gasteiger partial charge < -0.3 is 0 Å². The molecule has 2 aliphatic rings. The van der Waals surface area contributed by atoms with E-state index in [1.54, 1.807) is 16.2 Å². The lowest BCUT2D eigenvalue weighted by atomic mass is 9.65. The van der Waals surface area contributed by atoms with E-state index in [2.05, 4.69) is 31.0 Å². The number of hydrazone groups is 2. The minimum Gasteiger partial charge on any atom is -0.272 e. The Hall–Kier alpha value is -1.72. The first-order valence-electron chi connectivity index (χ1n) is 9.34. The SMILES string of the molecule is CC1=NN(C(C)(C)C)C(=O)C1C(C1C=NN(C(C)(C)C)C1=O)C(C)(C)C. The van der Waals surface area contributed by atoms with Crippen molar-refractivity contribution < 1.29 is 9.59 Å². The summed E-state index contributed by atoms with van der Waals surface area (Å²) in [4.78, 5) is 26.4. The third-order valence-corrected chi connectivity index (χ3v) is 5.04. The lowest BCUT2D eigenvalue weighted by Crippen LogP contribution is -2.49. The molecule has 146 valence electrons. The lowest BCUT2D eigenvalue weighted by Gasteiger charge is -2.39. The molecule has 0 fully saturated rings. The molecule has 0 aromatic carbocycles. The van der Waals surface area contributed by atoms with Gasteiger partial charge in [-0.3, -0.25) is 9.59 Å². The van der Waals surface area contributed by atoms with E-state index in [1.165, 1.54) is 0 Å². The third kappa shape index (κ3) is 3.55. The predicted octanol–water partition coefficient (Wildman–Crippen LogP) is 3.52. The van der Waals surface area contributed by atoms with Crippen LogP contribution in [-0.4, -0.2) is 44.8 Å². The molecule has 0 saturated heterocycles. The van der Waals surface area contributed by atoms with Crippen LogP contribution in [-0.2, 0) is 9.59 Å². The van der Waals surface area contributed by atoms with Crippen molar-refractivity contribution in [3.8, 4) is 0 Å². The second-order valence-corrected chi connectivity index (χ2v) is 10.5. The van der Waals surface area contributed by atoms with Gasteiger partial charge in [0.15, 0.2) is 0 Å². The third-order valence-electron chi connectivity index (χ3n) is 5.04. The van der Waals surface area contributed by atoms with Gasteiger partial charge >= 0.3 is 0 Å². The number of hydrogen-bond donors (Lipinski definition) is 0. The van der Waals surface area contributed by atoms with Gasteiger partial charge in [-0.25, -0.2) is 10.0 Å². The van der Waals surface area contributed by atoms with E-state index in [9.17, 15) is 9.59 Å². The number of nitrogens with zero attached hydrogens (tertiary/aromatic N) is 4. The molecule has 2 heterocycles. The summed E-state index contributed by atoms with van der Waals surface area (Å²) in [6.07, 6.45) is 1.73. The molecule has 6 nitrogen and oxygen atoms in total. The molecule has 3 atom stereocenters. The van der Waals surface area contributed by atoms with Gasteiger partial charge in [-0.15, -0.1) is 0 Å². The summed E-state index contributed by atoms with van der Waals surface area (Å²) in [6, 6.07) is 0. The molecule has 2 aliphatic heterocycles. The molecule has 0 aliphatic carbocycles. The highest BCUT2D eigenvalue weighted by Crippen LogP contribution is 2.44. The van der Waals surface area contributed by atoms with E-state index < -0.39 is 11.8 Å². The summed E-state index contributed by atoms with van der Waals surface area (Å²) >= 11 is 0. The fraction of sp³-hybridized carbons (Fsp3) is 0.800. The molecular formula is C20H34N4O2. The smallest absolute Gasteiger partial charge is 0.252 e. The van der Waals surface area contributed by atoms with Crippen molar-refractivity contribution >= 4 is 23.7 Å². The van der Waals surface area contributed by atoms with Crippen LogP contribution in [0.2, 0.25) is 0 Å². The van der Waals surface area contributed by atoms with Gasteiger partial charge in [0.25, 0.3) is 11.8 Å². The van der Waals surface area contributed by atoms with Crippen LogP contribution >= 0.6 is 0 Å². The number of hydrogen-bond acceptors (Lipinski definition) is 4. The molecule has 2 rings (SSSR count). The van der Waals surface area contributed by atoms with Crippen LogP contribution in [0.1, 0.15) is 69.2 Å². The van der Waals surface area contributed by atoms with Crippen LogP contribution in [0.25, 0.3) is 0 Å². The van der Waals surface area contributed by atoms with Crippen molar-refractivity contribution in [3.05, 3.63) is 0 Å². The van der Waals surface area contributed by atoms with Gasteiger partial charge in [0.2, 0.25) is 0 Å². The standard InChI is InChI=1S/C20H34N4O2/c1-12-14(17(26)24(22-12)20(8,9)10)15(18(2,3)4)13-11-21-23(16(13)25)19(5,6)7/h11,13-15H,1-10H3. The molecule has 0 spiro atoms. The summed E-state index contributed by atoms with van der Waals surface area (Å²) in [5.41, 5.74) is -0.253. The Labute approximate surface area is 157 Å². The van der Waals surface area contributed by atoms with E-state index >= 15 is 0 Å². The first kappa shape index (κ1) is 20.6. The molecule has 0 aromatic heterocycles. The number of rotatable bonds is 2. The Balaban J connectivity index is 2.43. The zero-order chi connectivity index (χ0) is 20.2. The Morgan fingerprint density at radius 2 is 1.38 bits per heavy atom. The molecule has 6 heteroatoms. The fourth-order valence-corrected chi connectivity index (χ4v) is 3.87. The van der Waals surface area contributed by atoms with Crippen LogP contribution in [0.4, 0.5) is 0 Å². The monoisotopic (exact) mass is 362 g/mol. The summed E-state index contributed by atoms with van der Waals surface area (Å²) in [7, 11) is 0. The minimum absolute atomic E-state index is 0.0228. The summed E-state index contributed by atoms with van der Waals surface area (Å²) < 4.78 is 0. The first-order chi connectivity index (χ1) is 11.6. The van der Waals surface area contributed by atoms with Gasteiger partial charge in [0.05, 0.1) is 22.9 Å². The topological polar surface area (TPSA) is 65.3 Å². The Morgan fingerprint density at radius 1 is 0.885 bits per heavy atom. The minimum atomic E-state index is -0.423. The maximum Gasteiger partial charge on any atom is 0.252 e. The maximum atomic E-state index is 13.2. The van der Waals surface area contributed by atoms with Crippen LogP contribution in [0.15, 0.2) is 10.2 Å². The summed E-state index contributed by atoms with van der Waals surface area (Å²) in [6.45, 7) is 19.9. The highest BCUT2D eigenvalue weighted by Gasteiger charge is 2.53. The second kappa shape index (κ2) is 6.17. The second-order valence-electron chi connectivity index (χ2n) is 10.5. The first-order valence-corrected chi connectivity index (χ1v) is 9.34. The Morgan fingerprint density at radius 3 is 1.73 bits per heavy atom. The molecule has 2 amide bonds. The Kier molecular flexibility index (Phi) is 4.89. The van der Waals surface area contributed by atoms with Crippen molar-refractivity contribution in [2.75, 3.05) is 0 Å². The van der Waals surface area contributed by atoms with Crippen LogP contribution in [0.5, 0.6) is 0 Å². The quantitative estimate of drug-likeness (QED) is 0.754. The summed E-state index contributed by atoms with van der Waals surface area (Å²) in [5.74, 6) is -1.09. The predicted molar refractivity (Wildman–Crippen MR) is 105 cm³/mol. The van der Waals surface area contributed by atoms with E-state index in [-0.39, 0.29) is 34.2 Å². The van der Waals surface area contributed by atoms with Crippen LogP contribution in [0, 0.1) is 23.2 Å². The molecule has 26 heavy (non-hydrogen) atoms. The molecule has 0 saturated carbocycles. The van der Waals surface area contributed by atoms with Crippen LogP contribution in [0.3, 0.4) is 0 Å². The normalized spacial score (nSPS) is 26.0. The van der Waals surface area contributed by atoms with E-state index in [4.69, 9.17) is 0 Å². The summed E-state index contributed by atoms with van der Waals surface area (Å²) in [5, 5.41) is 12.1. The van der Waals surface area contributed by atoms with Gasteiger partial charge in [0, 0.05) is 11.9 Å². The number of amides is 2. The Bertz CT molecular complexity index is 659. The number of carbonyl (C=O) groups is 2. The van der Waals surface area contributed by atoms with Crippen molar-refractivity contribution in [2.45, 2.75) is 80.3 Å². The average Bonchev–Trinajstić information content (AvgIpc) is 2.92. The van der Waals surface area contributed by atoms with Gasteiger partial charge in [0.1, 0.15) is 0 Å². The zero-order valence-corrected chi connectivity index (χ0v) is 17.9. The lowest BCUT2D eigenvalue weighted by molar-refractivity contribution is -0.143. The molecular weight excluding hydrogens is 328 g/mol. The molecule has 0 radical (unpaired) electrons. The van der Waals surface area contributed by atoms with Crippen molar-refractivity contribution in [1.82, 2.24) is 10.0 Å². The highest BCUT2D eigenvalue weighted by molar-refractivity contribution is 6.09. The zero-order valence-electron chi connectivity index (χ0n) is 17.9. The van der Waals surface area contributed by atoms with Crippen molar-refractivity contribution in [1.29, 1.82) is 0 Å². The maximum absolute atomic E-state index is 13.2. The molecule has 0 bridgehead atoms. The van der Waals surface area contributed by atoms with Gasteiger partial charge in [-0.1, -0.05) is 20.8 Å². The van der Waals surface area contributed by atoms with Crippen LogP contribution < -0.4 is 0 Å². The van der Waals surface area contributed by atoms with E-state index in [1.807, 2.05) is 48.5 Å². The van der Waals surface area contributed by atoms with Gasteiger partial charge in [-0.2, -0.15) is 10.2 Å². The van der Waals surface area contributed by atoms with Crippen molar-refractivity contribution in [2.24, 2.45) is 33.4 Å². The van der Waals surface area contributed by atoms with Crippen molar-refractivity contribution in [3.63, 3.8) is 0 Å². The van der Waals surface area contributed by atoms with Gasteiger partial charge in [-0.05, 0) is 59.8 Å². The van der Waals surface area contributed by atoms with E-state index in [0.717, 1.165) is 5.71 Å². The fourth-order valence-electron chi connectivity index (χ4n) is 3.87. The largest absolute Gasteiger partial charge is 0.272 e. The molecule has 3 unspecified atom stereocenters.